The first-order chi connectivity index (χ1) is 14.4. The van der Waals surface area contributed by atoms with Crippen molar-refractivity contribution in [2.45, 2.75) is 70.3 Å². The number of hydrogen-bond acceptors (Lipinski definition) is 5. The van der Waals surface area contributed by atoms with E-state index in [-0.39, 0.29) is 23.3 Å². The van der Waals surface area contributed by atoms with E-state index in [0.717, 1.165) is 55.9 Å². The summed E-state index contributed by atoms with van der Waals surface area (Å²) in [5, 5.41) is 0. The molecule has 1 saturated heterocycles. The van der Waals surface area contributed by atoms with Crippen LogP contribution in [0.3, 0.4) is 0 Å². The standard InChI is InChI=1S/C25H37NO4/c1-6-7-8-9-18(2)24(27)30-20-12-13-25(14-15-26(3)23(25)17-20)19-10-11-21(28-4)22(16-19)29-5/h10-11,16-18,23H,6-9,12-15H2,1-5H3. The number of allylic oxidation sites excluding steroid dienone is 1. The molecular formula is C25H37NO4. The average molecular weight is 416 g/mol. The minimum absolute atomic E-state index is 0.0109. The van der Waals surface area contributed by atoms with E-state index in [4.69, 9.17) is 14.2 Å². The van der Waals surface area contributed by atoms with Gasteiger partial charge < -0.3 is 14.2 Å². The summed E-state index contributed by atoms with van der Waals surface area (Å²) in [5.74, 6) is 2.21. The van der Waals surface area contributed by atoms with Crippen LogP contribution in [0.4, 0.5) is 0 Å². The van der Waals surface area contributed by atoms with Gasteiger partial charge in [-0.05, 0) is 56.6 Å². The van der Waals surface area contributed by atoms with Crippen molar-refractivity contribution in [1.29, 1.82) is 0 Å². The van der Waals surface area contributed by atoms with Crippen molar-refractivity contribution in [3.8, 4) is 11.5 Å². The summed E-state index contributed by atoms with van der Waals surface area (Å²) < 4.78 is 16.8. The van der Waals surface area contributed by atoms with Crippen LogP contribution >= 0.6 is 0 Å². The SMILES string of the molecule is CCCCCC(C)C(=O)OC1=CC2N(C)CCC2(c2ccc(OC)c(OC)c2)CC1. The zero-order valence-electron chi connectivity index (χ0n) is 19.2. The highest BCUT2D eigenvalue weighted by Gasteiger charge is 2.48. The molecule has 1 aliphatic carbocycles. The summed E-state index contributed by atoms with van der Waals surface area (Å²) in [5.41, 5.74) is 1.28. The van der Waals surface area contributed by atoms with Crippen molar-refractivity contribution in [3.05, 3.63) is 35.6 Å². The molecule has 2 aliphatic rings. The normalized spacial score (nSPS) is 24.7. The molecule has 1 aliphatic heterocycles. The lowest BCUT2D eigenvalue weighted by molar-refractivity contribution is -0.144. The van der Waals surface area contributed by atoms with E-state index in [9.17, 15) is 4.79 Å². The lowest BCUT2D eigenvalue weighted by Gasteiger charge is -2.40. The third kappa shape index (κ3) is 4.51. The monoisotopic (exact) mass is 415 g/mol. The molecule has 0 saturated carbocycles. The average Bonchev–Trinajstić information content (AvgIpc) is 3.10. The molecule has 3 rings (SSSR count). The number of nitrogens with zero attached hydrogens (tertiary/aromatic N) is 1. The van der Waals surface area contributed by atoms with Gasteiger partial charge in [0.1, 0.15) is 5.76 Å². The summed E-state index contributed by atoms with van der Waals surface area (Å²) in [6.45, 7) is 5.18. The quantitative estimate of drug-likeness (QED) is 0.416. The smallest absolute Gasteiger partial charge is 0.313 e. The van der Waals surface area contributed by atoms with Gasteiger partial charge in [-0.25, -0.2) is 0 Å². The number of benzene rings is 1. The largest absolute Gasteiger partial charge is 0.493 e. The highest BCUT2D eigenvalue weighted by Crippen LogP contribution is 2.49. The first kappa shape index (κ1) is 22.7. The van der Waals surface area contributed by atoms with E-state index < -0.39 is 0 Å². The van der Waals surface area contributed by atoms with E-state index >= 15 is 0 Å². The number of carbonyl (C=O) groups excluding carboxylic acids is 1. The summed E-state index contributed by atoms with van der Waals surface area (Å²) in [4.78, 5) is 14.9. The Labute approximate surface area is 181 Å². The van der Waals surface area contributed by atoms with Gasteiger partial charge in [-0.15, -0.1) is 0 Å². The molecule has 1 aromatic carbocycles. The minimum atomic E-state index is -0.0865. The second-order valence-electron chi connectivity index (χ2n) is 8.85. The van der Waals surface area contributed by atoms with Gasteiger partial charge in [0.15, 0.2) is 11.5 Å². The van der Waals surface area contributed by atoms with Crippen LogP contribution in [0.15, 0.2) is 30.0 Å². The predicted octanol–water partition coefficient (Wildman–Crippen LogP) is 5.08. The molecule has 3 unspecified atom stereocenters. The van der Waals surface area contributed by atoms with Gasteiger partial charge in [-0.3, -0.25) is 9.69 Å². The van der Waals surface area contributed by atoms with Gasteiger partial charge in [0.25, 0.3) is 0 Å². The lowest BCUT2D eigenvalue weighted by Crippen LogP contribution is -2.42. The highest BCUT2D eigenvalue weighted by atomic mass is 16.5. The Bertz CT molecular complexity index is 774. The van der Waals surface area contributed by atoms with Crippen LogP contribution in [0, 0.1) is 5.92 Å². The van der Waals surface area contributed by atoms with Gasteiger partial charge >= 0.3 is 5.97 Å². The van der Waals surface area contributed by atoms with Gasteiger partial charge in [-0.2, -0.15) is 0 Å². The number of esters is 1. The molecular weight excluding hydrogens is 378 g/mol. The van der Waals surface area contributed by atoms with E-state index in [1.807, 2.05) is 13.0 Å². The van der Waals surface area contributed by atoms with Crippen molar-refractivity contribution in [2.24, 2.45) is 5.92 Å². The molecule has 0 N–H and O–H groups in total. The van der Waals surface area contributed by atoms with Gasteiger partial charge in [-0.1, -0.05) is 39.2 Å². The molecule has 30 heavy (non-hydrogen) atoms. The molecule has 0 bridgehead atoms. The molecule has 1 heterocycles. The van der Waals surface area contributed by atoms with Crippen LogP contribution in [0.25, 0.3) is 0 Å². The van der Waals surface area contributed by atoms with E-state index in [1.165, 1.54) is 18.4 Å². The molecule has 5 heteroatoms. The maximum Gasteiger partial charge on any atom is 0.313 e. The van der Waals surface area contributed by atoms with Gasteiger partial charge in [0.2, 0.25) is 0 Å². The Kier molecular flexibility index (Phi) is 7.45. The van der Waals surface area contributed by atoms with Gasteiger partial charge in [0.05, 0.1) is 20.1 Å². The van der Waals surface area contributed by atoms with Crippen LogP contribution in [-0.2, 0) is 14.9 Å². The fraction of sp³-hybridized carbons (Fsp3) is 0.640. The Balaban J connectivity index is 1.78. The van der Waals surface area contributed by atoms with Crippen LogP contribution < -0.4 is 9.47 Å². The Morgan fingerprint density at radius 1 is 1.20 bits per heavy atom. The highest BCUT2D eigenvalue weighted by molar-refractivity contribution is 5.73. The van der Waals surface area contributed by atoms with Crippen LogP contribution in [0.5, 0.6) is 11.5 Å². The first-order valence-corrected chi connectivity index (χ1v) is 11.3. The van der Waals surface area contributed by atoms with Crippen LogP contribution in [0.2, 0.25) is 0 Å². The maximum absolute atomic E-state index is 12.6. The van der Waals surface area contributed by atoms with E-state index in [0.29, 0.717) is 0 Å². The third-order valence-electron chi connectivity index (χ3n) is 6.95. The lowest BCUT2D eigenvalue weighted by atomic mass is 9.68. The fourth-order valence-corrected chi connectivity index (χ4v) is 4.99. The number of likely N-dealkylation sites (tertiary alicyclic amines) is 1. The van der Waals surface area contributed by atoms with Crippen molar-refractivity contribution in [1.82, 2.24) is 4.90 Å². The van der Waals surface area contributed by atoms with Crippen molar-refractivity contribution < 1.29 is 19.0 Å². The number of likely N-dealkylation sites (N-methyl/N-ethyl adjacent to an activating group) is 1. The summed E-state index contributed by atoms with van der Waals surface area (Å²) in [7, 11) is 5.49. The second kappa shape index (κ2) is 9.86. The predicted molar refractivity (Wildman–Crippen MR) is 119 cm³/mol. The number of hydrogen-bond donors (Lipinski definition) is 0. The molecule has 0 amide bonds. The Morgan fingerprint density at radius 2 is 1.97 bits per heavy atom. The van der Waals surface area contributed by atoms with Gasteiger partial charge in [0, 0.05) is 17.9 Å². The van der Waals surface area contributed by atoms with E-state index in [2.05, 4.69) is 37.1 Å². The molecule has 0 radical (unpaired) electrons. The Morgan fingerprint density at radius 3 is 2.67 bits per heavy atom. The molecule has 1 fully saturated rings. The van der Waals surface area contributed by atoms with E-state index in [1.54, 1.807) is 14.2 Å². The zero-order valence-corrected chi connectivity index (χ0v) is 19.2. The number of rotatable bonds is 9. The molecule has 5 nitrogen and oxygen atoms in total. The maximum atomic E-state index is 12.6. The third-order valence-corrected chi connectivity index (χ3v) is 6.95. The molecule has 0 spiro atoms. The summed E-state index contributed by atoms with van der Waals surface area (Å²) in [6, 6.07) is 6.48. The zero-order chi connectivity index (χ0) is 21.7. The number of ether oxygens (including phenoxy) is 3. The van der Waals surface area contributed by atoms with Crippen molar-refractivity contribution >= 4 is 5.97 Å². The van der Waals surface area contributed by atoms with Crippen molar-refractivity contribution in [2.75, 3.05) is 27.8 Å². The summed E-state index contributed by atoms with van der Waals surface area (Å²) in [6.07, 6.45) is 9.32. The first-order valence-electron chi connectivity index (χ1n) is 11.3. The minimum Gasteiger partial charge on any atom is -0.493 e. The topological polar surface area (TPSA) is 48.0 Å². The fourth-order valence-electron chi connectivity index (χ4n) is 4.99. The Hall–Kier alpha value is -2.01. The second-order valence-corrected chi connectivity index (χ2v) is 8.85. The molecule has 1 aromatic rings. The number of methoxy groups -OCH3 is 2. The van der Waals surface area contributed by atoms with Crippen LogP contribution in [-0.4, -0.2) is 44.7 Å². The molecule has 166 valence electrons. The number of fused-ring (bicyclic) bond motifs is 1. The van der Waals surface area contributed by atoms with Crippen LogP contribution in [0.1, 0.15) is 64.4 Å². The number of unbranched alkanes of at least 4 members (excludes halogenated alkanes) is 2. The summed E-state index contributed by atoms with van der Waals surface area (Å²) >= 11 is 0. The number of carbonyl (C=O) groups is 1. The van der Waals surface area contributed by atoms with Crippen molar-refractivity contribution in [3.63, 3.8) is 0 Å². The molecule has 0 aromatic heterocycles. The molecule has 3 atom stereocenters.